The molecular formula is C13H17NO2. The second-order valence-corrected chi connectivity index (χ2v) is 3.69. The van der Waals surface area contributed by atoms with Gasteiger partial charge in [0.05, 0.1) is 19.8 Å². The van der Waals surface area contributed by atoms with E-state index in [1.165, 1.54) is 0 Å². The average Bonchev–Trinajstić information content (AvgIpc) is 2.27. The summed E-state index contributed by atoms with van der Waals surface area (Å²) in [4.78, 5) is 0. The molecule has 1 unspecified atom stereocenters. The molecule has 0 aromatic heterocycles. The molecule has 1 rings (SSSR count). The fourth-order valence-corrected chi connectivity index (χ4v) is 1.58. The molecule has 86 valence electrons. The predicted octanol–water partition coefficient (Wildman–Crippen LogP) is 1.57. The van der Waals surface area contributed by atoms with E-state index >= 15 is 0 Å². The highest BCUT2D eigenvalue weighted by molar-refractivity contribution is 5.53. The average molecular weight is 219 g/mol. The zero-order valence-corrected chi connectivity index (χ0v) is 9.91. The van der Waals surface area contributed by atoms with Gasteiger partial charge in [-0.1, -0.05) is 5.92 Å². The number of hydrogen-bond acceptors (Lipinski definition) is 3. The summed E-state index contributed by atoms with van der Waals surface area (Å²) in [5.74, 6) is 4.00. The Bertz CT molecular complexity index is 405. The molecule has 0 heterocycles. The zero-order valence-electron chi connectivity index (χ0n) is 9.91. The first kappa shape index (κ1) is 12.4. The van der Waals surface area contributed by atoms with Crippen molar-refractivity contribution in [3.05, 3.63) is 23.3 Å². The van der Waals surface area contributed by atoms with Crippen molar-refractivity contribution in [2.24, 2.45) is 5.73 Å². The van der Waals surface area contributed by atoms with Crippen molar-refractivity contribution in [1.82, 2.24) is 0 Å². The summed E-state index contributed by atoms with van der Waals surface area (Å²) in [5, 5.41) is 0. The molecular weight excluding hydrogens is 202 g/mol. The molecule has 0 spiro atoms. The Morgan fingerprint density at radius 2 is 1.94 bits per heavy atom. The summed E-state index contributed by atoms with van der Waals surface area (Å²) in [6.07, 6.45) is 6.12. The number of nitrogens with two attached hydrogens (primary N) is 1. The maximum absolute atomic E-state index is 5.77. The summed E-state index contributed by atoms with van der Waals surface area (Å²) in [7, 11) is 3.21. The molecule has 0 aliphatic rings. The minimum atomic E-state index is 0.0651. The van der Waals surface area contributed by atoms with Gasteiger partial charge in [0.2, 0.25) is 0 Å². The number of benzene rings is 1. The van der Waals surface area contributed by atoms with Crippen LogP contribution in [0.15, 0.2) is 12.1 Å². The Morgan fingerprint density at radius 3 is 2.38 bits per heavy atom. The molecule has 1 atom stereocenters. The molecule has 3 heteroatoms. The van der Waals surface area contributed by atoms with Crippen LogP contribution in [0.1, 0.15) is 18.1 Å². The van der Waals surface area contributed by atoms with Gasteiger partial charge in [0.25, 0.3) is 0 Å². The minimum absolute atomic E-state index is 0.0651. The first-order valence-corrected chi connectivity index (χ1v) is 5.09. The lowest BCUT2D eigenvalue weighted by molar-refractivity contribution is 0.397. The third kappa shape index (κ3) is 2.68. The van der Waals surface area contributed by atoms with E-state index in [1.54, 1.807) is 20.3 Å². The Labute approximate surface area is 96.6 Å². The van der Waals surface area contributed by atoms with Crippen LogP contribution in [-0.4, -0.2) is 20.3 Å². The van der Waals surface area contributed by atoms with E-state index < -0.39 is 0 Å². The van der Waals surface area contributed by atoms with Crippen molar-refractivity contribution in [1.29, 1.82) is 0 Å². The van der Waals surface area contributed by atoms with Gasteiger partial charge in [-0.25, -0.2) is 0 Å². The van der Waals surface area contributed by atoms with Crippen molar-refractivity contribution in [2.75, 3.05) is 14.2 Å². The second kappa shape index (κ2) is 5.43. The number of hydrogen-bond donors (Lipinski definition) is 1. The van der Waals surface area contributed by atoms with Gasteiger partial charge in [0, 0.05) is 6.04 Å². The van der Waals surface area contributed by atoms with Crippen molar-refractivity contribution < 1.29 is 9.47 Å². The molecule has 3 nitrogen and oxygen atoms in total. The monoisotopic (exact) mass is 219 g/mol. The van der Waals surface area contributed by atoms with Crippen LogP contribution in [0.3, 0.4) is 0 Å². The smallest absolute Gasteiger partial charge is 0.135 e. The largest absolute Gasteiger partial charge is 0.496 e. The van der Waals surface area contributed by atoms with Crippen molar-refractivity contribution in [3.63, 3.8) is 0 Å². The minimum Gasteiger partial charge on any atom is -0.496 e. The van der Waals surface area contributed by atoms with Gasteiger partial charge in [-0.3, -0.25) is 0 Å². The lowest BCUT2D eigenvalue weighted by atomic mass is 10.0. The lowest BCUT2D eigenvalue weighted by Gasteiger charge is -2.13. The van der Waals surface area contributed by atoms with E-state index in [9.17, 15) is 0 Å². The summed E-state index contributed by atoms with van der Waals surface area (Å²) in [6.45, 7) is 1.95. The van der Waals surface area contributed by atoms with Crippen molar-refractivity contribution >= 4 is 0 Å². The van der Waals surface area contributed by atoms with Crippen molar-refractivity contribution in [3.8, 4) is 23.8 Å². The van der Waals surface area contributed by atoms with Gasteiger partial charge < -0.3 is 15.2 Å². The fourth-order valence-electron chi connectivity index (χ4n) is 1.58. The quantitative estimate of drug-likeness (QED) is 0.782. The van der Waals surface area contributed by atoms with E-state index in [4.69, 9.17) is 21.6 Å². The van der Waals surface area contributed by atoms with Gasteiger partial charge in [0.15, 0.2) is 0 Å². The highest BCUT2D eigenvalue weighted by atomic mass is 16.5. The molecule has 16 heavy (non-hydrogen) atoms. The number of methoxy groups -OCH3 is 2. The molecule has 0 aliphatic heterocycles. The molecule has 1 aromatic rings. The van der Waals surface area contributed by atoms with Gasteiger partial charge in [-0.15, -0.1) is 6.42 Å². The van der Waals surface area contributed by atoms with E-state index in [-0.39, 0.29) is 6.04 Å². The maximum Gasteiger partial charge on any atom is 0.135 e. The summed E-state index contributed by atoms with van der Waals surface area (Å²) >= 11 is 0. The van der Waals surface area contributed by atoms with Crippen LogP contribution in [0, 0.1) is 12.3 Å². The third-order valence-electron chi connectivity index (χ3n) is 2.30. The molecule has 0 fully saturated rings. The van der Waals surface area contributed by atoms with Crippen LogP contribution in [-0.2, 0) is 6.42 Å². The highest BCUT2D eigenvalue weighted by Gasteiger charge is 2.11. The van der Waals surface area contributed by atoms with Crippen LogP contribution < -0.4 is 15.2 Å². The number of ether oxygens (including phenoxy) is 2. The van der Waals surface area contributed by atoms with E-state index in [2.05, 4.69) is 5.92 Å². The van der Waals surface area contributed by atoms with E-state index in [0.717, 1.165) is 17.7 Å². The number of rotatable bonds is 4. The van der Waals surface area contributed by atoms with Crippen LogP contribution in [0.5, 0.6) is 11.5 Å². The van der Waals surface area contributed by atoms with Gasteiger partial charge in [-0.2, -0.15) is 0 Å². The van der Waals surface area contributed by atoms with Gasteiger partial charge >= 0.3 is 0 Å². The zero-order chi connectivity index (χ0) is 12.1. The molecule has 0 aliphatic carbocycles. The van der Waals surface area contributed by atoms with Crippen molar-refractivity contribution in [2.45, 2.75) is 19.4 Å². The Balaban J connectivity index is 3.21. The molecule has 0 saturated carbocycles. The molecule has 0 saturated heterocycles. The van der Waals surface area contributed by atoms with Crippen LogP contribution in [0.2, 0.25) is 0 Å². The Morgan fingerprint density at radius 1 is 1.31 bits per heavy atom. The fraction of sp³-hybridized carbons (Fsp3) is 0.385. The summed E-state index contributed by atoms with van der Waals surface area (Å²) in [5.41, 5.74) is 7.47. The topological polar surface area (TPSA) is 44.5 Å². The predicted molar refractivity (Wildman–Crippen MR) is 64.8 cm³/mol. The summed E-state index contributed by atoms with van der Waals surface area (Å²) < 4.78 is 10.5. The van der Waals surface area contributed by atoms with Crippen LogP contribution in [0.4, 0.5) is 0 Å². The second-order valence-electron chi connectivity index (χ2n) is 3.69. The third-order valence-corrected chi connectivity index (χ3v) is 2.30. The highest BCUT2D eigenvalue weighted by Crippen LogP contribution is 2.29. The number of terminal acetylenes is 1. The van der Waals surface area contributed by atoms with Crippen LogP contribution in [0.25, 0.3) is 0 Å². The Kier molecular flexibility index (Phi) is 4.21. The maximum atomic E-state index is 5.77. The first-order valence-electron chi connectivity index (χ1n) is 5.09. The molecule has 1 aromatic carbocycles. The molecule has 0 radical (unpaired) electrons. The van der Waals surface area contributed by atoms with E-state index in [0.29, 0.717) is 11.3 Å². The Hall–Kier alpha value is -1.66. The molecule has 2 N–H and O–H groups in total. The normalized spacial score (nSPS) is 11.7. The summed E-state index contributed by atoms with van der Waals surface area (Å²) in [6, 6.07) is 3.75. The van der Waals surface area contributed by atoms with Gasteiger partial charge in [-0.05, 0) is 31.0 Å². The standard InChI is InChI=1S/C13H17NO2/c1-5-10-7-13(16-4)11(6-9(2)14)8-12(10)15-3/h1,7-9H,6,14H2,2-4H3. The van der Waals surface area contributed by atoms with Gasteiger partial charge in [0.1, 0.15) is 11.5 Å². The molecule has 0 bridgehead atoms. The first-order chi connectivity index (χ1) is 7.62. The SMILES string of the molecule is C#Cc1cc(OC)c(CC(C)N)cc1OC. The van der Waals surface area contributed by atoms with Crippen LogP contribution >= 0.6 is 0 Å². The van der Waals surface area contributed by atoms with E-state index in [1.807, 2.05) is 13.0 Å². The molecule has 0 amide bonds. The lowest BCUT2D eigenvalue weighted by Crippen LogP contribution is -2.18.